The summed E-state index contributed by atoms with van der Waals surface area (Å²) < 4.78 is 24.2. The van der Waals surface area contributed by atoms with Crippen LogP contribution in [-0.4, -0.2) is 48.6 Å². The van der Waals surface area contributed by atoms with Crippen LogP contribution in [0.2, 0.25) is 0 Å². The van der Waals surface area contributed by atoms with Gasteiger partial charge in [0.25, 0.3) is 0 Å². The summed E-state index contributed by atoms with van der Waals surface area (Å²) in [7, 11) is -3.97. The maximum absolute atomic E-state index is 12.1. The topological polar surface area (TPSA) is 146 Å². The highest BCUT2D eigenvalue weighted by atomic mass is 31.2. The predicted molar refractivity (Wildman–Crippen MR) is 97.6 cm³/mol. The third-order valence-corrected chi connectivity index (χ3v) is 4.79. The molecule has 3 rings (SSSR count). The van der Waals surface area contributed by atoms with E-state index in [0.29, 0.717) is 11.2 Å². The number of nitrogen functional groups attached to an aromatic ring is 1. The average molecular weight is 393 g/mol. The molecule has 2 aromatic heterocycles. The Morgan fingerprint density at radius 3 is 2.74 bits per heavy atom. The monoisotopic (exact) mass is 393 g/mol. The molecule has 0 bridgehead atoms. The summed E-state index contributed by atoms with van der Waals surface area (Å²) in [5, 5.41) is 9.53. The fourth-order valence-corrected chi connectivity index (χ4v) is 3.23. The van der Waals surface area contributed by atoms with Gasteiger partial charge in [0.15, 0.2) is 11.5 Å². The molecule has 0 saturated heterocycles. The Bertz CT molecular complexity index is 935. The van der Waals surface area contributed by atoms with Gasteiger partial charge in [-0.2, -0.15) is 0 Å². The molecule has 11 heteroatoms. The maximum atomic E-state index is 12.1. The molecule has 0 amide bonds. The molecule has 0 fully saturated rings. The fraction of sp³-hybridized carbons (Fsp3) is 0.312. The quantitative estimate of drug-likeness (QED) is 0.456. The van der Waals surface area contributed by atoms with E-state index >= 15 is 0 Å². The van der Waals surface area contributed by atoms with Crippen LogP contribution in [0.5, 0.6) is 0 Å². The number of hydrogen-bond donors (Lipinski definition) is 3. The van der Waals surface area contributed by atoms with Crippen LogP contribution in [0, 0.1) is 0 Å². The van der Waals surface area contributed by atoms with Crippen molar-refractivity contribution in [1.29, 1.82) is 0 Å². The van der Waals surface area contributed by atoms with Crippen LogP contribution in [0.4, 0.5) is 5.82 Å². The molecule has 0 spiro atoms. The number of fused-ring (bicyclic) bond motifs is 1. The van der Waals surface area contributed by atoms with Gasteiger partial charge in [-0.25, -0.2) is 15.0 Å². The van der Waals surface area contributed by atoms with Crippen molar-refractivity contribution >= 4 is 24.6 Å². The third kappa shape index (κ3) is 5.09. The molecule has 0 radical (unpaired) electrons. The number of rotatable bonds is 9. The van der Waals surface area contributed by atoms with Gasteiger partial charge in [-0.1, -0.05) is 30.3 Å². The average Bonchev–Trinajstić information content (AvgIpc) is 3.09. The van der Waals surface area contributed by atoms with Crippen molar-refractivity contribution in [3.63, 3.8) is 0 Å². The maximum Gasteiger partial charge on any atom is 0.353 e. The zero-order valence-electron chi connectivity index (χ0n) is 14.4. The number of ether oxygens (including phenoxy) is 1. The number of nitrogens with zero attached hydrogens (tertiary/aromatic N) is 4. The molecule has 0 aliphatic carbocycles. The van der Waals surface area contributed by atoms with Crippen LogP contribution in [-0.2, 0) is 27.0 Å². The number of anilines is 1. The third-order valence-electron chi connectivity index (χ3n) is 3.78. The summed E-state index contributed by atoms with van der Waals surface area (Å²) in [6, 6.07) is 9.04. The van der Waals surface area contributed by atoms with Crippen molar-refractivity contribution in [3.8, 4) is 0 Å². The highest BCUT2D eigenvalue weighted by Crippen LogP contribution is 2.43. The van der Waals surface area contributed by atoms with Gasteiger partial charge in [-0.05, 0) is 5.56 Å². The minimum Gasteiger partial charge on any atom is -0.394 e. The summed E-state index contributed by atoms with van der Waals surface area (Å²) in [4.78, 5) is 22.0. The van der Waals surface area contributed by atoms with Crippen molar-refractivity contribution < 1.29 is 23.8 Å². The first-order valence-corrected chi connectivity index (χ1v) is 9.89. The van der Waals surface area contributed by atoms with Gasteiger partial charge in [-0.3, -0.25) is 4.57 Å². The second-order valence-corrected chi connectivity index (χ2v) is 7.62. The molecule has 27 heavy (non-hydrogen) atoms. The van der Waals surface area contributed by atoms with Crippen molar-refractivity contribution in [1.82, 2.24) is 19.5 Å². The van der Waals surface area contributed by atoms with Crippen molar-refractivity contribution in [2.45, 2.75) is 19.3 Å². The number of aromatic nitrogens is 4. The SMILES string of the molecule is Nc1ncnc2c1ncn2C[C@H](CO)OCP(=O)(O)OCc1ccccc1. The lowest BCUT2D eigenvalue weighted by molar-refractivity contribution is 0.0177. The van der Waals surface area contributed by atoms with E-state index in [1.807, 2.05) is 18.2 Å². The number of hydrogen-bond acceptors (Lipinski definition) is 8. The van der Waals surface area contributed by atoms with Crippen molar-refractivity contribution in [2.24, 2.45) is 0 Å². The van der Waals surface area contributed by atoms with Crippen LogP contribution in [0.1, 0.15) is 5.56 Å². The van der Waals surface area contributed by atoms with Crippen molar-refractivity contribution in [3.05, 3.63) is 48.5 Å². The largest absolute Gasteiger partial charge is 0.394 e. The van der Waals surface area contributed by atoms with E-state index in [0.717, 1.165) is 5.56 Å². The first-order valence-electron chi connectivity index (χ1n) is 8.12. The Balaban J connectivity index is 1.58. The number of aliphatic hydroxyl groups excluding tert-OH is 1. The van der Waals surface area contributed by atoms with Crippen molar-refractivity contribution in [2.75, 3.05) is 18.7 Å². The molecule has 0 aliphatic rings. The lowest BCUT2D eigenvalue weighted by atomic mass is 10.2. The number of imidazole rings is 1. The molecular weight excluding hydrogens is 373 g/mol. The summed E-state index contributed by atoms with van der Waals surface area (Å²) in [5.41, 5.74) is 7.43. The Morgan fingerprint density at radius 2 is 2.00 bits per heavy atom. The van der Waals surface area contributed by atoms with E-state index in [1.165, 1.54) is 12.7 Å². The van der Waals surface area contributed by atoms with E-state index < -0.39 is 20.0 Å². The predicted octanol–water partition coefficient (Wildman–Crippen LogP) is 1.15. The number of aliphatic hydroxyl groups is 1. The van der Waals surface area contributed by atoms with Gasteiger partial charge in [0, 0.05) is 0 Å². The molecule has 0 saturated carbocycles. The molecule has 144 valence electrons. The first-order chi connectivity index (χ1) is 13.0. The molecule has 2 atom stereocenters. The summed E-state index contributed by atoms with van der Waals surface area (Å²) in [6.45, 7) is -0.203. The zero-order chi connectivity index (χ0) is 19.3. The first kappa shape index (κ1) is 19.4. The smallest absolute Gasteiger partial charge is 0.353 e. The van der Waals surface area contributed by atoms with Crippen LogP contribution in [0.3, 0.4) is 0 Å². The van der Waals surface area contributed by atoms with Gasteiger partial charge >= 0.3 is 7.60 Å². The molecule has 2 heterocycles. The van der Waals surface area contributed by atoms with Crippen LogP contribution in [0.15, 0.2) is 43.0 Å². The molecule has 4 N–H and O–H groups in total. The molecule has 10 nitrogen and oxygen atoms in total. The fourth-order valence-electron chi connectivity index (χ4n) is 2.40. The minimum absolute atomic E-state index is 0.00980. The van der Waals surface area contributed by atoms with E-state index in [2.05, 4.69) is 15.0 Å². The van der Waals surface area contributed by atoms with E-state index in [4.69, 9.17) is 15.0 Å². The van der Waals surface area contributed by atoms with Gasteiger partial charge in [0.2, 0.25) is 0 Å². The van der Waals surface area contributed by atoms with E-state index in [-0.39, 0.29) is 25.6 Å². The van der Waals surface area contributed by atoms with Gasteiger partial charge in [0.1, 0.15) is 18.2 Å². The Hall–Kier alpha value is -2.36. The minimum atomic E-state index is -3.97. The second kappa shape index (κ2) is 8.55. The lowest BCUT2D eigenvalue weighted by Crippen LogP contribution is -2.24. The summed E-state index contributed by atoms with van der Waals surface area (Å²) in [6.07, 6.45) is 1.50. The van der Waals surface area contributed by atoms with E-state index in [1.54, 1.807) is 16.7 Å². The van der Waals surface area contributed by atoms with Gasteiger partial charge < -0.3 is 29.6 Å². The highest BCUT2D eigenvalue weighted by Gasteiger charge is 2.23. The van der Waals surface area contributed by atoms with Gasteiger partial charge in [0.05, 0.1) is 32.2 Å². The van der Waals surface area contributed by atoms with E-state index in [9.17, 15) is 14.6 Å². The highest BCUT2D eigenvalue weighted by molar-refractivity contribution is 7.52. The number of benzene rings is 1. The molecule has 1 aromatic carbocycles. The summed E-state index contributed by atoms with van der Waals surface area (Å²) >= 11 is 0. The number of nitrogens with two attached hydrogens (primary N) is 1. The second-order valence-electron chi connectivity index (χ2n) is 5.82. The summed E-state index contributed by atoms with van der Waals surface area (Å²) in [5.74, 6) is 0.245. The van der Waals surface area contributed by atoms with Gasteiger partial charge in [-0.15, -0.1) is 0 Å². The molecular formula is C16H20N5O5P. The molecule has 0 aliphatic heterocycles. The zero-order valence-corrected chi connectivity index (χ0v) is 15.3. The van der Waals surface area contributed by atoms with Crippen LogP contribution >= 0.6 is 7.60 Å². The lowest BCUT2D eigenvalue weighted by Gasteiger charge is -2.19. The Morgan fingerprint density at radius 1 is 1.22 bits per heavy atom. The standard InChI is InChI=1S/C16H20N5O5P/c17-15-14-16(19-9-18-15)21(10-20-14)6-13(7-22)25-11-27(23,24)26-8-12-4-2-1-3-5-12/h1-5,9-10,13,22H,6-8,11H2,(H,23,24)(H2,17,18,19)/t13-/m1/s1. The Kier molecular flexibility index (Phi) is 6.15. The van der Waals surface area contributed by atoms with Crippen LogP contribution < -0.4 is 5.73 Å². The Labute approximate surface area is 155 Å². The molecule has 3 aromatic rings. The van der Waals surface area contributed by atoms with Crippen LogP contribution in [0.25, 0.3) is 11.2 Å². The molecule has 1 unspecified atom stereocenters. The normalized spacial score (nSPS) is 14.9.